The lowest BCUT2D eigenvalue weighted by molar-refractivity contribution is -0.136. The first kappa shape index (κ1) is 40.7. The molecule has 1 atom stereocenters. The van der Waals surface area contributed by atoms with Crippen LogP contribution in [0.15, 0.2) is 55.0 Å². The van der Waals surface area contributed by atoms with Crippen molar-refractivity contribution in [3.63, 3.8) is 0 Å². The fourth-order valence-electron chi connectivity index (χ4n) is 8.46. The largest absolute Gasteiger partial charge is 0.489 e. The number of piperidine rings is 2. The fraction of sp³-hybridized carbons (Fsp3) is 0.429. The van der Waals surface area contributed by atoms with Crippen LogP contribution in [0.3, 0.4) is 0 Å². The van der Waals surface area contributed by atoms with Crippen LogP contribution in [0.2, 0.25) is 10.0 Å². The molecule has 17 heteroatoms. The van der Waals surface area contributed by atoms with Crippen molar-refractivity contribution in [2.24, 2.45) is 5.92 Å². The number of hydrogen-bond donors (Lipinski definition) is 3. The summed E-state index contributed by atoms with van der Waals surface area (Å²) in [6.07, 6.45) is 10.4. The molecule has 2 aromatic carbocycles. The zero-order valence-corrected chi connectivity index (χ0v) is 34.0. The molecule has 2 aromatic heterocycles. The summed E-state index contributed by atoms with van der Waals surface area (Å²) in [5.41, 5.74) is 9.50. The Labute approximate surface area is 351 Å². The summed E-state index contributed by atoms with van der Waals surface area (Å²) in [4.78, 5) is 60.9. The molecule has 0 spiro atoms. The number of imide groups is 2. The van der Waals surface area contributed by atoms with Gasteiger partial charge in [-0.15, -0.1) is 0 Å². The molecule has 3 saturated heterocycles. The third-order valence-corrected chi connectivity index (χ3v) is 12.5. The van der Waals surface area contributed by atoms with Crippen LogP contribution in [-0.4, -0.2) is 112 Å². The number of rotatable bonds is 15. The van der Waals surface area contributed by atoms with Gasteiger partial charge in [0.05, 0.1) is 35.0 Å². The number of ether oxygens (including phenoxy) is 1. The molecule has 14 nitrogen and oxygen atoms in total. The van der Waals surface area contributed by atoms with Crippen molar-refractivity contribution in [3.05, 3.63) is 87.5 Å². The van der Waals surface area contributed by atoms with Gasteiger partial charge >= 0.3 is 0 Å². The highest BCUT2D eigenvalue weighted by atomic mass is 35.5. The first-order valence-corrected chi connectivity index (χ1v) is 20.9. The highest BCUT2D eigenvalue weighted by molar-refractivity contribution is 6.36. The van der Waals surface area contributed by atoms with Crippen molar-refractivity contribution in [1.29, 1.82) is 0 Å². The topological polar surface area (TPSA) is 168 Å². The lowest BCUT2D eigenvalue weighted by atomic mass is 9.99. The predicted molar refractivity (Wildman–Crippen MR) is 221 cm³/mol. The van der Waals surface area contributed by atoms with E-state index < -0.39 is 35.5 Å². The maximum absolute atomic E-state index is 13.9. The Bertz CT molecular complexity index is 2260. The molecule has 8 rings (SSSR count). The van der Waals surface area contributed by atoms with Gasteiger partial charge in [0.2, 0.25) is 11.8 Å². The number of aromatic nitrogens is 3. The van der Waals surface area contributed by atoms with Crippen molar-refractivity contribution < 1.29 is 28.3 Å². The molecule has 0 aliphatic carbocycles. The number of benzene rings is 2. The Morgan fingerprint density at radius 2 is 1.73 bits per heavy atom. The summed E-state index contributed by atoms with van der Waals surface area (Å²) >= 11 is 12.3. The number of amides is 4. The zero-order chi connectivity index (χ0) is 41.2. The van der Waals surface area contributed by atoms with E-state index in [1.165, 1.54) is 12.1 Å². The lowest BCUT2D eigenvalue weighted by Gasteiger charge is -2.40. The first-order valence-electron chi connectivity index (χ1n) is 20.1. The first-order chi connectivity index (χ1) is 28.5. The normalized spacial score (nSPS) is 19.2. The second-order valence-corrected chi connectivity index (χ2v) is 16.5. The number of halogens is 3. The van der Waals surface area contributed by atoms with E-state index in [0.717, 1.165) is 81.0 Å². The van der Waals surface area contributed by atoms with Gasteiger partial charge in [0.25, 0.3) is 11.8 Å². The van der Waals surface area contributed by atoms with Crippen LogP contribution in [0.4, 0.5) is 15.9 Å². The Hall–Kier alpha value is -5.09. The number of carbonyl (C=O) groups is 4. The van der Waals surface area contributed by atoms with Crippen molar-refractivity contribution in [2.75, 3.05) is 63.5 Å². The van der Waals surface area contributed by atoms with E-state index in [2.05, 4.69) is 30.5 Å². The Kier molecular flexibility index (Phi) is 12.2. The van der Waals surface area contributed by atoms with E-state index >= 15 is 0 Å². The van der Waals surface area contributed by atoms with Crippen molar-refractivity contribution in [3.8, 4) is 16.9 Å². The minimum absolute atomic E-state index is 0.0112. The van der Waals surface area contributed by atoms with Crippen molar-refractivity contribution in [2.45, 2.75) is 57.0 Å². The van der Waals surface area contributed by atoms with E-state index in [1.807, 2.05) is 23.1 Å². The van der Waals surface area contributed by atoms with Gasteiger partial charge in [-0.3, -0.25) is 34.1 Å². The van der Waals surface area contributed by atoms with E-state index in [4.69, 9.17) is 33.7 Å². The smallest absolute Gasteiger partial charge is 0.264 e. The van der Waals surface area contributed by atoms with Crippen molar-refractivity contribution in [1.82, 2.24) is 34.8 Å². The molecule has 4 N–H and O–H groups in total. The van der Waals surface area contributed by atoms with Gasteiger partial charge in [-0.05, 0) is 81.1 Å². The van der Waals surface area contributed by atoms with Crippen LogP contribution in [0.25, 0.3) is 11.1 Å². The molecule has 6 heterocycles. The summed E-state index contributed by atoms with van der Waals surface area (Å²) in [5, 5.41) is 10.7. The third kappa shape index (κ3) is 8.79. The van der Waals surface area contributed by atoms with Crippen LogP contribution < -0.4 is 21.1 Å². The van der Waals surface area contributed by atoms with Gasteiger partial charge < -0.3 is 25.6 Å². The van der Waals surface area contributed by atoms with Gasteiger partial charge in [0.15, 0.2) is 11.6 Å². The number of nitrogen functional groups attached to an aromatic ring is 1. The Balaban J connectivity index is 0.729. The maximum Gasteiger partial charge on any atom is 0.264 e. The molecule has 0 bridgehead atoms. The number of nitrogens with two attached hydrogens (primary N) is 1. The van der Waals surface area contributed by atoms with Gasteiger partial charge in [-0.1, -0.05) is 29.3 Å². The van der Waals surface area contributed by atoms with Crippen LogP contribution >= 0.6 is 23.2 Å². The molecule has 310 valence electrons. The van der Waals surface area contributed by atoms with Gasteiger partial charge in [-0.2, -0.15) is 5.10 Å². The lowest BCUT2D eigenvalue weighted by Crippen LogP contribution is -2.54. The molecule has 4 aliphatic heterocycles. The third-order valence-electron chi connectivity index (χ3n) is 11.8. The molecule has 4 aliphatic rings. The summed E-state index contributed by atoms with van der Waals surface area (Å²) in [5.74, 6) is -1.44. The zero-order valence-electron chi connectivity index (χ0n) is 32.5. The Morgan fingerprint density at radius 3 is 2.51 bits per heavy atom. The van der Waals surface area contributed by atoms with E-state index in [1.54, 1.807) is 24.4 Å². The monoisotopic (exact) mass is 845 g/mol. The van der Waals surface area contributed by atoms with Crippen LogP contribution in [0.1, 0.15) is 70.8 Å². The van der Waals surface area contributed by atoms with Crippen LogP contribution in [-0.2, 0) is 16.0 Å². The van der Waals surface area contributed by atoms with Gasteiger partial charge in [0.1, 0.15) is 11.9 Å². The highest BCUT2D eigenvalue weighted by Crippen LogP contribution is 2.34. The molecular formula is C42H46Cl2FN9O5. The van der Waals surface area contributed by atoms with E-state index in [-0.39, 0.29) is 35.9 Å². The number of nitrogens with zero attached hydrogens (tertiary/aromatic N) is 6. The summed E-state index contributed by atoms with van der Waals surface area (Å²) < 4.78 is 21.9. The maximum atomic E-state index is 13.9. The number of carbonyl (C=O) groups excluding carboxylic acids is 4. The van der Waals surface area contributed by atoms with Crippen LogP contribution in [0, 0.1) is 11.7 Å². The number of anilines is 2. The average molecular weight is 847 g/mol. The summed E-state index contributed by atoms with van der Waals surface area (Å²) in [6, 6.07) is 9.02. The molecule has 0 unspecified atom stereocenters. The summed E-state index contributed by atoms with van der Waals surface area (Å²) in [7, 11) is 0. The number of likely N-dealkylation sites (tertiary alicyclic amines) is 2. The number of fused-ring (bicyclic) bond motifs is 1. The van der Waals surface area contributed by atoms with E-state index in [0.29, 0.717) is 52.5 Å². The predicted octanol–water partition coefficient (Wildman–Crippen LogP) is 5.46. The number of unbranched alkanes of at least 4 members (excludes halogenated alkanes) is 1. The standard InChI is InChI=1S/C42H46Cl2FN9O5/c43-31-6-7-32(45)38(44)29(31)12-17-59-35-18-26(20-48-39(35)46)27-21-49-53(24-27)28-10-15-51(16-11-28)13-1-2-14-52-22-25(23-52)19-47-33-5-3-4-30-37(33)42(58)54(41(30)57)34-8-9-36(55)50-40(34)56/h3-7,18,20-21,24-25,28,34,47H,1-2,8-17,19,22-23H2,(H2,46,48)(H,50,55,56)/t34-/m1/s1. The number of pyridine rings is 1. The number of nitrogens with one attached hydrogen (secondary N) is 2. The molecule has 0 radical (unpaired) electrons. The highest BCUT2D eigenvalue weighted by Gasteiger charge is 2.45. The molecule has 0 saturated carbocycles. The summed E-state index contributed by atoms with van der Waals surface area (Å²) in [6.45, 7) is 6.94. The second-order valence-electron chi connectivity index (χ2n) is 15.7. The minimum atomic E-state index is -0.982. The van der Waals surface area contributed by atoms with Gasteiger partial charge in [-0.25, -0.2) is 9.37 Å². The second kappa shape index (κ2) is 17.6. The van der Waals surface area contributed by atoms with Crippen molar-refractivity contribution >= 4 is 58.3 Å². The molecule has 4 aromatic rings. The average Bonchev–Trinajstić information content (AvgIpc) is 3.80. The van der Waals surface area contributed by atoms with Crippen LogP contribution in [0.5, 0.6) is 5.75 Å². The minimum Gasteiger partial charge on any atom is -0.489 e. The molecular weight excluding hydrogens is 800 g/mol. The molecule has 4 amide bonds. The quantitative estimate of drug-likeness (QED) is 0.0791. The molecule has 59 heavy (non-hydrogen) atoms. The number of hydrogen-bond acceptors (Lipinski definition) is 11. The fourth-order valence-corrected chi connectivity index (χ4v) is 9.02. The molecule has 3 fully saturated rings. The van der Waals surface area contributed by atoms with Gasteiger partial charge in [0, 0.05) is 85.7 Å². The Morgan fingerprint density at radius 1 is 0.949 bits per heavy atom. The van der Waals surface area contributed by atoms with E-state index in [9.17, 15) is 23.6 Å². The SMILES string of the molecule is Nc1ncc(-c2cnn(C3CCN(CCCCN4CC(CNc5cccc6c5C(=O)N([C@@H]5CCC(=O)NC5=O)C6=O)C4)CC3)c2)cc1OCCc1c(Cl)ccc(F)c1Cl.